The molecule has 14 heteroatoms. The average molecular weight is 771 g/mol. The molecule has 0 saturated heterocycles. The maximum Gasteiger partial charge on any atom is 0.177 e. The number of hydrogen-bond donors (Lipinski definition) is 3. The van der Waals surface area contributed by atoms with Gasteiger partial charge in [0, 0.05) is 42.6 Å². The summed E-state index contributed by atoms with van der Waals surface area (Å²) >= 11 is 0. The number of methoxy groups -OCH3 is 2. The third kappa shape index (κ3) is 15.6. The summed E-state index contributed by atoms with van der Waals surface area (Å²) in [6, 6.07) is 17.4. The van der Waals surface area contributed by atoms with E-state index in [1.165, 1.54) is 30.9 Å². The fraction of sp³-hybridized carbons (Fsp3) is 0.250. The number of ether oxygens (including phenoxy) is 2. The van der Waals surface area contributed by atoms with Crippen LogP contribution in [-0.2, 0) is 0 Å². The van der Waals surface area contributed by atoms with E-state index < -0.39 is 0 Å². The molecule has 50 heavy (non-hydrogen) atoms. The van der Waals surface area contributed by atoms with E-state index in [1.54, 1.807) is 31.8 Å². The number of aromatic hydroxyl groups is 2. The van der Waals surface area contributed by atoms with E-state index in [9.17, 15) is 14.7 Å². The number of rotatable bonds is 10. The van der Waals surface area contributed by atoms with Crippen LogP contribution in [0.2, 0.25) is 0 Å². The fourth-order valence-electron chi connectivity index (χ4n) is 4.53. The molecule has 0 bridgehead atoms. The van der Waals surface area contributed by atoms with Gasteiger partial charge in [0.25, 0.3) is 0 Å². The highest BCUT2D eigenvalue weighted by molar-refractivity contribution is 6.15. The molecule has 2 aromatic heterocycles. The molecule has 0 radical (unpaired) electrons. The summed E-state index contributed by atoms with van der Waals surface area (Å²) < 4.78 is 9.95. The number of benzene rings is 2. The van der Waals surface area contributed by atoms with Crippen LogP contribution in [0.1, 0.15) is 63.9 Å². The second-order valence-corrected chi connectivity index (χ2v) is 10.3. The van der Waals surface area contributed by atoms with Crippen LogP contribution in [0.3, 0.4) is 0 Å². The number of quaternary nitrogens is 1. The van der Waals surface area contributed by atoms with Gasteiger partial charge >= 0.3 is 0 Å². The van der Waals surface area contributed by atoms with Gasteiger partial charge in [-0.15, -0.1) is 24.8 Å². The van der Waals surface area contributed by atoms with E-state index in [0.29, 0.717) is 29.8 Å². The van der Waals surface area contributed by atoms with E-state index in [4.69, 9.17) is 14.6 Å². The first-order valence-corrected chi connectivity index (χ1v) is 15.0. The lowest BCUT2D eigenvalue weighted by atomic mass is 9.95. The number of carbonyl (C=O) groups excluding carboxylic acids is 2. The van der Waals surface area contributed by atoms with Crippen molar-refractivity contribution in [2.45, 2.75) is 32.1 Å². The number of nitrogens with one attached hydrogen (secondary N) is 1. The largest absolute Gasteiger partial charge is 1.00 e. The number of hydrogen-bond acceptors (Lipinski definition) is 8. The molecule has 3 heterocycles. The molecule has 4 aromatic rings. The molecule has 272 valence electrons. The molecule has 1 aliphatic heterocycles. The molecule has 6 N–H and O–H groups in total. The van der Waals surface area contributed by atoms with Crippen LogP contribution >= 0.6 is 24.8 Å². The molecule has 0 atom stereocenters. The third-order valence-electron chi connectivity index (χ3n) is 6.93. The number of aromatic nitrogens is 2. The SMILES string of the molecule is COc1cc(/C=C2\CCCN=C2c2cccnc2)ccc1O.COc1cc(C=O)ccc1O.Cl.Cl.[Cl-].[Cl-].[NH3+]CCCCC(=O)c1ccc[nH+]c1. The first-order chi connectivity index (χ1) is 22.4. The third-order valence-corrected chi connectivity index (χ3v) is 6.93. The average Bonchev–Trinajstić information content (AvgIpc) is 3.11. The molecule has 0 unspecified atom stereocenters. The van der Waals surface area contributed by atoms with E-state index in [-0.39, 0.29) is 66.9 Å². The summed E-state index contributed by atoms with van der Waals surface area (Å²) in [4.78, 5) is 33.5. The van der Waals surface area contributed by atoms with Gasteiger partial charge in [0.15, 0.2) is 41.2 Å². The number of nitrogens with zero attached hydrogens (tertiary/aromatic N) is 2. The second kappa shape index (κ2) is 26.6. The normalized spacial score (nSPS) is 11.8. The Balaban J connectivity index is 0. The minimum absolute atomic E-state index is 0. The number of H-pyrrole nitrogens is 1. The molecule has 5 rings (SSSR count). The first kappa shape index (κ1) is 47.9. The zero-order chi connectivity index (χ0) is 33.1. The van der Waals surface area contributed by atoms with E-state index in [0.717, 1.165) is 61.2 Å². The molecule has 0 amide bonds. The molecule has 0 fully saturated rings. The lowest BCUT2D eigenvalue weighted by molar-refractivity contribution is -0.378. The van der Waals surface area contributed by atoms with Crippen molar-refractivity contribution in [2.24, 2.45) is 4.99 Å². The van der Waals surface area contributed by atoms with Crippen molar-refractivity contribution >= 4 is 48.7 Å². The second-order valence-electron chi connectivity index (χ2n) is 10.3. The summed E-state index contributed by atoms with van der Waals surface area (Å²) in [5.41, 5.74) is 9.22. The van der Waals surface area contributed by atoms with Crippen molar-refractivity contribution in [1.82, 2.24) is 4.98 Å². The van der Waals surface area contributed by atoms with Crippen molar-refractivity contribution in [2.75, 3.05) is 27.3 Å². The molecule has 2 aromatic carbocycles. The van der Waals surface area contributed by atoms with Gasteiger partial charge < -0.3 is 50.2 Å². The van der Waals surface area contributed by atoms with Crippen LogP contribution in [0.15, 0.2) is 96.0 Å². The minimum atomic E-state index is 0. The topological polar surface area (TPSA) is 160 Å². The number of halogens is 4. The van der Waals surface area contributed by atoms with Gasteiger partial charge in [-0.1, -0.05) is 6.07 Å². The van der Waals surface area contributed by atoms with Crippen molar-refractivity contribution in [3.8, 4) is 23.0 Å². The minimum Gasteiger partial charge on any atom is -1.00 e. The van der Waals surface area contributed by atoms with Gasteiger partial charge in [-0.3, -0.25) is 19.6 Å². The zero-order valence-electron chi connectivity index (χ0n) is 27.9. The van der Waals surface area contributed by atoms with Gasteiger partial charge in [-0.25, -0.2) is 4.98 Å². The molecular weight excluding hydrogens is 726 g/mol. The molecular formula is C36H44Cl4N4O6. The number of aldehydes is 1. The predicted octanol–water partition coefficient (Wildman–Crippen LogP) is -0.377. The van der Waals surface area contributed by atoms with Gasteiger partial charge in [-0.2, -0.15) is 0 Å². The monoisotopic (exact) mass is 768 g/mol. The van der Waals surface area contributed by atoms with Gasteiger partial charge in [0.05, 0.1) is 32.0 Å². The summed E-state index contributed by atoms with van der Waals surface area (Å²) in [6.45, 7) is 1.76. The number of aromatic amines is 1. The fourth-order valence-corrected chi connectivity index (χ4v) is 4.53. The van der Waals surface area contributed by atoms with E-state index >= 15 is 0 Å². The van der Waals surface area contributed by atoms with Crippen LogP contribution in [0.5, 0.6) is 23.0 Å². The maximum atomic E-state index is 11.5. The molecule has 0 aliphatic carbocycles. The standard InChI is InChI=1S/C18H18N2O2.C10H14N2O.C8H8O3.4ClH/c1-22-17-11-13(6-7-16(17)21)10-14-4-3-9-20-18(14)15-5-2-8-19-12-15;11-6-2-1-5-10(13)9-4-3-7-12-8-9;1-11-8-4-6(5-9)2-3-7(8)10;;;;/h2,5-8,10-12,21H,3-4,9H2,1H3;3-4,7-8H,1-2,5-6,11H2;2-5,10H,1H3;4*1H/b14-10+;;;;;;. The van der Waals surface area contributed by atoms with Crippen LogP contribution in [-0.4, -0.2) is 60.3 Å². The van der Waals surface area contributed by atoms with Crippen LogP contribution in [0.25, 0.3) is 6.08 Å². The number of Topliss-reactive ketones (excluding diaryl/α,β-unsaturated/α-hetero) is 1. The predicted molar refractivity (Wildman–Crippen MR) is 191 cm³/mol. The van der Waals surface area contributed by atoms with E-state index in [1.807, 2.05) is 42.6 Å². The summed E-state index contributed by atoms with van der Waals surface area (Å²) in [7, 11) is 2.98. The summed E-state index contributed by atoms with van der Waals surface area (Å²) in [6.07, 6.45) is 14.6. The van der Waals surface area contributed by atoms with Crippen molar-refractivity contribution in [3.05, 3.63) is 113 Å². The number of carbonyl (C=O) groups is 2. The van der Waals surface area contributed by atoms with Crippen molar-refractivity contribution in [3.63, 3.8) is 0 Å². The Morgan fingerprint density at radius 2 is 1.60 bits per heavy atom. The quantitative estimate of drug-likeness (QED) is 0.113. The van der Waals surface area contributed by atoms with Crippen LogP contribution < -0.4 is 45.0 Å². The lowest BCUT2D eigenvalue weighted by Gasteiger charge is -2.16. The molecule has 0 spiro atoms. The Bertz CT molecular complexity index is 1630. The Kier molecular flexibility index (Phi) is 25.5. The Labute approximate surface area is 317 Å². The smallest absolute Gasteiger partial charge is 0.177 e. The summed E-state index contributed by atoms with van der Waals surface area (Å²) in [5, 5.41) is 18.8. The Hall–Kier alpha value is -4.19. The molecule has 10 nitrogen and oxygen atoms in total. The molecule has 0 saturated carbocycles. The lowest BCUT2D eigenvalue weighted by Crippen LogP contribution is -3.00. The number of unbranched alkanes of at least 4 members (excludes halogenated alkanes) is 1. The summed E-state index contributed by atoms with van der Waals surface area (Å²) in [5.74, 6) is 1.19. The van der Waals surface area contributed by atoms with Crippen LogP contribution in [0, 0.1) is 0 Å². The van der Waals surface area contributed by atoms with Gasteiger partial charge in [0.2, 0.25) is 0 Å². The number of phenols is 2. The van der Waals surface area contributed by atoms with Gasteiger partial charge in [0.1, 0.15) is 6.29 Å². The number of phenolic OH excluding ortho intramolecular Hbond substituents is 2. The highest BCUT2D eigenvalue weighted by Gasteiger charge is 2.14. The number of pyridine rings is 2. The zero-order valence-corrected chi connectivity index (χ0v) is 31.0. The Morgan fingerprint density at radius 1 is 0.940 bits per heavy atom. The van der Waals surface area contributed by atoms with Crippen molar-refractivity contribution < 1.29 is 64.8 Å². The van der Waals surface area contributed by atoms with Gasteiger partial charge in [-0.05, 0) is 91.4 Å². The Morgan fingerprint density at radius 3 is 2.16 bits per heavy atom. The number of allylic oxidation sites excluding steroid dienone is 1. The van der Waals surface area contributed by atoms with E-state index in [2.05, 4.69) is 26.8 Å². The van der Waals surface area contributed by atoms with Crippen LogP contribution in [0.4, 0.5) is 0 Å². The van der Waals surface area contributed by atoms with Crippen molar-refractivity contribution in [1.29, 1.82) is 0 Å². The maximum absolute atomic E-state index is 11.5. The highest BCUT2D eigenvalue weighted by atomic mass is 35.5. The molecule has 1 aliphatic rings. The number of ketones is 1. The first-order valence-electron chi connectivity index (χ1n) is 15.0. The highest BCUT2D eigenvalue weighted by Crippen LogP contribution is 2.29. The number of aliphatic imine (C=N–C) groups is 1.